The molecule has 0 atom stereocenters. The summed E-state index contributed by atoms with van der Waals surface area (Å²) in [6, 6.07) is 16.8. The number of hydrogen-bond acceptors (Lipinski definition) is 4. The monoisotopic (exact) mass is 263 g/mol. The zero-order chi connectivity index (χ0) is 14.4. The van der Waals surface area contributed by atoms with Crippen molar-refractivity contribution in [2.24, 2.45) is 0 Å². The van der Waals surface area contributed by atoms with Gasteiger partial charge in [0.15, 0.2) is 0 Å². The van der Waals surface area contributed by atoms with Crippen LogP contribution in [0.1, 0.15) is 16.7 Å². The minimum absolute atomic E-state index is 0.539. The van der Waals surface area contributed by atoms with E-state index in [0.717, 1.165) is 5.56 Å². The van der Waals surface area contributed by atoms with E-state index in [2.05, 4.69) is 17.5 Å². The fourth-order valence-electron chi connectivity index (χ4n) is 1.84. The first-order valence-corrected chi connectivity index (χ1v) is 6.08. The first-order valence-electron chi connectivity index (χ1n) is 6.08. The van der Waals surface area contributed by atoms with E-state index < -0.39 is 0 Å². The third-order valence-electron chi connectivity index (χ3n) is 2.89. The highest BCUT2D eigenvalue weighted by Crippen LogP contribution is 2.22. The molecule has 0 spiro atoms. The Morgan fingerprint density at radius 1 is 1.10 bits per heavy atom. The Morgan fingerprint density at radius 2 is 1.95 bits per heavy atom. The van der Waals surface area contributed by atoms with Crippen molar-refractivity contribution in [2.45, 2.75) is 6.54 Å². The lowest BCUT2D eigenvalue weighted by molar-refractivity contribution is 0.415. The van der Waals surface area contributed by atoms with E-state index in [-0.39, 0.29) is 0 Å². The van der Waals surface area contributed by atoms with Gasteiger partial charge < -0.3 is 10.1 Å². The lowest BCUT2D eigenvalue weighted by atomic mass is 10.1. The van der Waals surface area contributed by atoms with Gasteiger partial charge in [0.25, 0.3) is 0 Å². The molecule has 0 bridgehead atoms. The highest BCUT2D eigenvalue weighted by molar-refractivity contribution is 5.60. The number of ether oxygens (including phenoxy) is 1. The second-order valence-corrected chi connectivity index (χ2v) is 4.19. The van der Waals surface area contributed by atoms with Gasteiger partial charge in [-0.05, 0) is 29.8 Å². The molecular weight excluding hydrogens is 250 g/mol. The molecule has 0 radical (unpaired) electrons. The van der Waals surface area contributed by atoms with Crippen LogP contribution in [0, 0.1) is 22.7 Å². The standard InChI is InChI=1S/C16H13N3O/c1-20-15-6-5-14(10-18)16(8-15)19-11-13-4-2-3-12(7-13)9-17/h2-8,19H,11H2,1H3. The summed E-state index contributed by atoms with van der Waals surface area (Å²) in [4.78, 5) is 0. The molecule has 4 nitrogen and oxygen atoms in total. The van der Waals surface area contributed by atoms with E-state index in [1.165, 1.54) is 0 Å². The van der Waals surface area contributed by atoms with Gasteiger partial charge in [-0.25, -0.2) is 0 Å². The molecule has 0 saturated carbocycles. The van der Waals surface area contributed by atoms with Gasteiger partial charge in [0.05, 0.1) is 30.0 Å². The van der Waals surface area contributed by atoms with Crippen molar-refractivity contribution in [1.29, 1.82) is 10.5 Å². The molecule has 0 heterocycles. The number of nitrogens with zero attached hydrogens (tertiary/aromatic N) is 2. The van der Waals surface area contributed by atoms with E-state index in [4.69, 9.17) is 15.3 Å². The number of hydrogen-bond donors (Lipinski definition) is 1. The number of benzene rings is 2. The predicted molar refractivity (Wildman–Crippen MR) is 76.2 cm³/mol. The average molecular weight is 263 g/mol. The van der Waals surface area contributed by atoms with Crippen molar-refractivity contribution in [3.05, 3.63) is 59.2 Å². The highest BCUT2D eigenvalue weighted by atomic mass is 16.5. The summed E-state index contributed by atoms with van der Waals surface area (Å²) in [6.07, 6.45) is 0. The molecule has 2 aromatic carbocycles. The summed E-state index contributed by atoms with van der Waals surface area (Å²) in [5.74, 6) is 0.692. The molecule has 20 heavy (non-hydrogen) atoms. The number of anilines is 1. The topological polar surface area (TPSA) is 68.8 Å². The zero-order valence-corrected chi connectivity index (χ0v) is 11.1. The van der Waals surface area contributed by atoms with Crippen LogP contribution in [0.25, 0.3) is 0 Å². The number of rotatable bonds is 4. The predicted octanol–water partition coefficient (Wildman–Crippen LogP) is 3.05. The molecule has 0 amide bonds. The van der Waals surface area contributed by atoms with E-state index in [1.54, 1.807) is 31.4 Å². The van der Waals surface area contributed by atoms with Gasteiger partial charge in [0.1, 0.15) is 11.8 Å². The molecule has 0 aliphatic heterocycles. The van der Waals surface area contributed by atoms with Crippen LogP contribution < -0.4 is 10.1 Å². The molecule has 4 heteroatoms. The SMILES string of the molecule is COc1ccc(C#N)c(NCc2cccc(C#N)c2)c1. The molecular formula is C16H13N3O. The highest BCUT2D eigenvalue weighted by Gasteiger charge is 2.04. The Hall–Kier alpha value is -2.98. The van der Waals surface area contributed by atoms with Gasteiger partial charge in [-0.1, -0.05) is 12.1 Å². The molecule has 0 aromatic heterocycles. The Labute approximate surface area is 117 Å². The van der Waals surface area contributed by atoms with Crippen molar-refractivity contribution < 1.29 is 4.74 Å². The third kappa shape index (κ3) is 3.07. The quantitative estimate of drug-likeness (QED) is 0.920. The lowest BCUT2D eigenvalue weighted by Gasteiger charge is -2.10. The maximum absolute atomic E-state index is 9.09. The van der Waals surface area contributed by atoms with E-state index in [0.29, 0.717) is 29.1 Å². The van der Waals surface area contributed by atoms with Crippen LogP contribution in [0.15, 0.2) is 42.5 Å². The number of methoxy groups -OCH3 is 1. The Kier molecular flexibility index (Phi) is 4.21. The van der Waals surface area contributed by atoms with Crippen LogP contribution in [0.3, 0.4) is 0 Å². The zero-order valence-electron chi connectivity index (χ0n) is 11.1. The van der Waals surface area contributed by atoms with Crippen molar-refractivity contribution in [3.8, 4) is 17.9 Å². The largest absolute Gasteiger partial charge is 0.497 e. The second-order valence-electron chi connectivity index (χ2n) is 4.19. The second kappa shape index (κ2) is 6.26. The molecule has 1 N–H and O–H groups in total. The van der Waals surface area contributed by atoms with Gasteiger partial charge in [-0.15, -0.1) is 0 Å². The molecule has 2 aromatic rings. The minimum Gasteiger partial charge on any atom is -0.497 e. The Bertz CT molecular complexity index is 696. The van der Waals surface area contributed by atoms with E-state index >= 15 is 0 Å². The van der Waals surface area contributed by atoms with Crippen molar-refractivity contribution in [1.82, 2.24) is 0 Å². The molecule has 0 aliphatic carbocycles. The Morgan fingerprint density at radius 3 is 2.65 bits per heavy atom. The van der Waals surface area contributed by atoms with Crippen LogP contribution in [0.5, 0.6) is 5.75 Å². The minimum atomic E-state index is 0.539. The van der Waals surface area contributed by atoms with Gasteiger partial charge in [-0.3, -0.25) is 0 Å². The van der Waals surface area contributed by atoms with Crippen molar-refractivity contribution in [3.63, 3.8) is 0 Å². The summed E-state index contributed by atoms with van der Waals surface area (Å²) >= 11 is 0. The van der Waals surface area contributed by atoms with Crippen LogP contribution in [-0.2, 0) is 6.54 Å². The molecule has 0 unspecified atom stereocenters. The first kappa shape index (κ1) is 13.5. The lowest BCUT2D eigenvalue weighted by Crippen LogP contribution is -2.02. The summed E-state index contributed by atoms with van der Waals surface area (Å²) in [5, 5.41) is 21.1. The smallest absolute Gasteiger partial charge is 0.121 e. The summed E-state index contributed by atoms with van der Waals surface area (Å²) in [6.45, 7) is 0.539. The van der Waals surface area contributed by atoms with Gasteiger partial charge in [-0.2, -0.15) is 10.5 Å². The average Bonchev–Trinajstić information content (AvgIpc) is 2.52. The normalized spacial score (nSPS) is 9.35. The molecule has 98 valence electrons. The van der Waals surface area contributed by atoms with Gasteiger partial charge in [0.2, 0.25) is 0 Å². The van der Waals surface area contributed by atoms with Crippen LogP contribution in [0.4, 0.5) is 5.69 Å². The third-order valence-corrected chi connectivity index (χ3v) is 2.89. The van der Waals surface area contributed by atoms with Crippen molar-refractivity contribution >= 4 is 5.69 Å². The Balaban J connectivity index is 2.18. The van der Waals surface area contributed by atoms with E-state index in [9.17, 15) is 0 Å². The summed E-state index contributed by atoms with van der Waals surface area (Å²) < 4.78 is 5.15. The summed E-state index contributed by atoms with van der Waals surface area (Å²) in [7, 11) is 1.58. The van der Waals surface area contributed by atoms with Crippen molar-refractivity contribution in [2.75, 3.05) is 12.4 Å². The first-order chi connectivity index (χ1) is 9.76. The molecule has 0 aliphatic rings. The summed E-state index contributed by atoms with van der Waals surface area (Å²) in [5.41, 5.74) is 2.88. The van der Waals surface area contributed by atoms with E-state index in [1.807, 2.05) is 18.2 Å². The number of nitrogens with one attached hydrogen (secondary N) is 1. The molecule has 0 saturated heterocycles. The van der Waals surface area contributed by atoms with Crippen LogP contribution in [0.2, 0.25) is 0 Å². The maximum Gasteiger partial charge on any atom is 0.121 e. The fourth-order valence-corrected chi connectivity index (χ4v) is 1.84. The number of nitriles is 2. The van der Waals surface area contributed by atoms with Gasteiger partial charge >= 0.3 is 0 Å². The maximum atomic E-state index is 9.09. The van der Waals surface area contributed by atoms with Gasteiger partial charge in [0, 0.05) is 12.6 Å². The van der Waals surface area contributed by atoms with Crippen LogP contribution >= 0.6 is 0 Å². The molecule has 2 rings (SSSR count). The fraction of sp³-hybridized carbons (Fsp3) is 0.125. The molecule has 0 fully saturated rings. The van der Waals surface area contributed by atoms with Crippen LogP contribution in [-0.4, -0.2) is 7.11 Å².